The van der Waals surface area contributed by atoms with E-state index < -0.39 is 14.9 Å². The third-order valence-electron chi connectivity index (χ3n) is 4.73. The minimum Gasteiger partial charge on any atom is -0.308 e. The molecule has 1 heterocycles. The van der Waals surface area contributed by atoms with Crippen molar-refractivity contribution in [2.24, 2.45) is 0 Å². The van der Waals surface area contributed by atoms with Crippen molar-refractivity contribution in [1.82, 2.24) is 4.72 Å². The van der Waals surface area contributed by atoms with Gasteiger partial charge < -0.3 is 4.90 Å². The van der Waals surface area contributed by atoms with Crippen LogP contribution in [0.4, 0.5) is 11.4 Å². The molecule has 1 amide bonds. The number of nitro groups is 1. The molecular weight excluding hydrogens is 370 g/mol. The van der Waals surface area contributed by atoms with Gasteiger partial charge in [0.25, 0.3) is 11.6 Å². The molecule has 1 aliphatic heterocycles. The van der Waals surface area contributed by atoms with Crippen LogP contribution < -0.4 is 9.62 Å². The molecule has 1 N–H and O–H groups in total. The molecule has 140 valence electrons. The summed E-state index contributed by atoms with van der Waals surface area (Å²) in [7, 11) is -3.57. The molecule has 2 aromatic carbocycles. The van der Waals surface area contributed by atoms with E-state index in [0.29, 0.717) is 24.2 Å². The molecule has 9 heteroatoms. The quantitative estimate of drug-likeness (QED) is 0.625. The molecular formula is C18H17N3O5S. The minimum atomic E-state index is -3.57. The van der Waals surface area contributed by atoms with Crippen LogP contribution in [0.5, 0.6) is 0 Å². The van der Waals surface area contributed by atoms with Gasteiger partial charge in [-0.05, 0) is 49.1 Å². The van der Waals surface area contributed by atoms with E-state index in [2.05, 4.69) is 4.72 Å². The van der Waals surface area contributed by atoms with E-state index >= 15 is 0 Å². The van der Waals surface area contributed by atoms with Gasteiger partial charge in [-0.15, -0.1) is 0 Å². The molecule has 0 aromatic heterocycles. The number of fused-ring (bicyclic) bond motifs is 1. The molecule has 1 fully saturated rings. The van der Waals surface area contributed by atoms with E-state index in [1.165, 1.54) is 41.3 Å². The van der Waals surface area contributed by atoms with Gasteiger partial charge in [0.15, 0.2) is 0 Å². The largest absolute Gasteiger partial charge is 0.308 e. The summed E-state index contributed by atoms with van der Waals surface area (Å²) in [5, 5.41) is 11.0. The lowest BCUT2D eigenvalue weighted by atomic mass is 10.1. The van der Waals surface area contributed by atoms with Gasteiger partial charge in [0, 0.05) is 30.3 Å². The molecule has 8 nitrogen and oxygen atoms in total. The molecule has 0 unspecified atom stereocenters. The first-order valence-corrected chi connectivity index (χ1v) is 10.0. The van der Waals surface area contributed by atoms with Crippen molar-refractivity contribution >= 4 is 27.3 Å². The average molecular weight is 387 g/mol. The van der Waals surface area contributed by atoms with Gasteiger partial charge in [0.1, 0.15) is 0 Å². The molecule has 1 saturated carbocycles. The van der Waals surface area contributed by atoms with E-state index in [0.717, 1.165) is 18.4 Å². The lowest BCUT2D eigenvalue weighted by molar-refractivity contribution is -0.384. The predicted molar refractivity (Wildman–Crippen MR) is 98.3 cm³/mol. The number of amides is 1. The van der Waals surface area contributed by atoms with Crippen LogP contribution in [0.15, 0.2) is 47.4 Å². The average Bonchev–Trinajstić information content (AvgIpc) is 3.35. The summed E-state index contributed by atoms with van der Waals surface area (Å²) in [4.78, 5) is 24.9. The number of benzene rings is 2. The molecule has 2 aromatic rings. The lowest BCUT2D eigenvalue weighted by Gasteiger charge is -2.17. The summed E-state index contributed by atoms with van der Waals surface area (Å²) < 4.78 is 27.0. The van der Waals surface area contributed by atoms with Crippen molar-refractivity contribution in [2.75, 3.05) is 11.4 Å². The number of hydrogen-bond acceptors (Lipinski definition) is 5. The predicted octanol–water partition coefficient (Wildman–Crippen LogP) is 2.24. The standard InChI is InChI=1S/C18H17N3O5S/c22-18(20-10-9-12-1-6-15(21(23)24)11-17(12)20)13-2-7-16(8-3-13)27(25,26)19-14-4-5-14/h1-3,6-8,11,14,19H,4-5,9-10H2. The highest BCUT2D eigenvalue weighted by Gasteiger charge is 2.29. The zero-order chi connectivity index (χ0) is 19.2. The Kier molecular flexibility index (Phi) is 4.20. The van der Waals surface area contributed by atoms with Crippen LogP contribution in [0.1, 0.15) is 28.8 Å². The topological polar surface area (TPSA) is 110 Å². The van der Waals surface area contributed by atoms with Gasteiger partial charge in [-0.1, -0.05) is 6.07 Å². The zero-order valence-corrected chi connectivity index (χ0v) is 15.1. The summed E-state index contributed by atoms with van der Waals surface area (Å²) in [6.45, 7) is 0.429. The van der Waals surface area contributed by atoms with Gasteiger partial charge in [0.05, 0.1) is 15.5 Å². The number of nitrogens with zero attached hydrogens (tertiary/aromatic N) is 2. The summed E-state index contributed by atoms with van der Waals surface area (Å²) in [6, 6.07) is 10.3. The Bertz CT molecular complexity index is 1030. The van der Waals surface area contributed by atoms with E-state index in [1.807, 2.05) is 0 Å². The maximum Gasteiger partial charge on any atom is 0.271 e. The first kappa shape index (κ1) is 17.6. The molecule has 27 heavy (non-hydrogen) atoms. The van der Waals surface area contributed by atoms with Crippen LogP contribution in [-0.4, -0.2) is 31.8 Å². The van der Waals surface area contributed by atoms with Crippen LogP contribution in [0.3, 0.4) is 0 Å². The number of sulfonamides is 1. The van der Waals surface area contributed by atoms with Gasteiger partial charge in [0.2, 0.25) is 10.0 Å². The fourth-order valence-corrected chi connectivity index (χ4v) is 4.42. The smallest absolute Gasteiger partial charge is 0.271 e. The number of hydrogen-bond donors (Lipinski definition) is 1. The Morgan fingerprint density at radius 2 is 1.85 bits per heavy atom. The summed E-state index contributed by atoms with van der Waals surface area (Å²) in [5.74, 6) is -0.312. The SMILES string of the molecule is O=C(c1ccc(S(=O)(=O)NC2CC2)cc1)N1CCc2ccc([N+](=O)[O-])cc21. The molecule has 0 saturated heterocycles. The number of nitrogens with one attached hydrogen (secondary N) is 1. The van der Waals surface area contributed by atoms with Crippen molar-refractivity contribution in [3.05, 3.63) is 63.7 Å². The second-order valence-electron chi connectivity index (χ2n) is 6.70. The maximum atomic E-state index is 12.8. The van der Waals surface area contributed by atoms with Crippen molar-refractivity contribution in [3.63, 3.8) is 0 Å². The van der Waals surface area contributed by atoms with E-state index in [9.17, 15) is 23.3 Å². The highest BCUT2D eigenvalue weighted by atomic mass is 32.2. The normalized spacial score (nSPS) is 16.2. The fourth-order valence-electron chi connectivity index (χ4n) is 3.11. The molecule has 0 bridgehead atoms. The van der Waals surface area contributed by atoms with Crippen LogP contribution >= 0.6 is 0 Å². The maximum absolute atomic E-state index is 12.8. The number of carbonyl (C=O) groups excluding carboxylic acids is 1. The summed E-state index contributed by atoms with van der Waals surface area (Å²) in [5.41, 5.74) is 1.67. The molecule has 1 aliphatic carbocycles. The minimum absolute atomic E-state index is 0.00759. The van der Waals surface area contributed by atoms with E-state index in [1.54, 1.807) is 6.07 Å². The Balaban J connectivity index is 1.58. The first-order chi connectivity index (χ1) is 12.8. The monoisotopic (exact) mass is 387 g/mol. The van der Waals surface area contributed by atoms with Crippen molar-refractivity contribution < 1.29 is 18.1 Å². The van der Waals surface area contributed by atoms with Gasteiger partial charge in [-0.2, -0.15) is 0 Å². The summed E-state index contributed by atoms with van der Waals surface area (Å²) in [6.07, 6.45) is 2.31. The van der Waals surface area contributed by atoms with Gasteiger partial charge in [-0.25, -0.2) is 13.1 Å². The fraction of sp³-hybridized carbons (Fsp3) is 0.278. The molecule has 0 radical (unpaired) electrons. The molecule has 0 atom stereocenters. The van der Waals surface area contributed by atoms with Crippen molar-refractivity contribution in [1.29, 1.82) is 0 Å². The third-order valence-corrected chi connectivity index (χ3v) is 6.27. The molecule has 2 aliphatic rings. The number of nitro benzene ring substituents is 1. The van der Waals surface area contributed by atoms with Crippen molar-refractivity contribution in [2.45, 2.75) is 30.2 Å². The van der Waals surface area contributed by atoms with Crippen molar-refractivity contribution in [3.8, 4) is 0 Å². The van der Waals surface area contributed by atoms with Gasteiger partial charge >= 0.3 is 0 Å². The van der Waals surface area contributed by atoms with Crippen LogP contribution in [0.25, 0.3) is 0 Å². The molecule has 4 rings (SSSR count). The van der Waals surface area contributed by atoms with Crippen LogP contribution in [0.2, 0.25) is 0 Å². The zero-order valence-electron chi connectivity index (χ0n) is 14.3. The van der Waals surface area contributed by atoms with E-state index in [-0.39, 0.29) is 22.5 Å². The Hall–Kier alpha value is -2.78. The second kappa shape index (κ2) is 6.43. The highest BCUT2D eigenvalue weighted by Crippen LogP contribution is 2.33. The first-order valence-electron chi connectivity index (χ1n) is 8.57. The number of carbonyl (C=O) groups is 1. The third kappa shape index (κ3) is 3.43. The van der Waals surface area contributed by atoms with E-state index in [4.69, 9.17) is 0 Å². The number of non-ortho nitro benzene ring substituents is 1. The number of anilines is 1. The van der Waals surface area contributed by atoms with Crippen LogP contribution in [-0.2, 0) is 16.4 Å². The second-order valence-corrected chi connectivity index (χ2v) is 8.41. The highest BCUT2D eigenvalue weighted by molar-refractivity contribution is 7.89. The number of rotatable bonds is 5. The Morgan fingerprint density at radius 1 is 1.15 bits per heavy atom. The Morgan fingerprint density at radius 3 is 2.48 bits per heavy atom. The lowest BCUT2D eigenvalue weighted by Crippen LogP contribution is -2.29. The van der Waals surface area contributed by atoms with Gasteiger partial charge in [-0.3, -0.25) is 14.9 Å². The Labute approximate surface area is 156 Å². The molecule has 0 spiro atoms. The van der Waals surface area contributed by atoms with Crippen LogP contribution in [0, 0.1) is 10.1 Å². The summed E-state index contributed by atoms with van der Waals surface area (Å²) >= 11 is 0.